The lowest BCUT2D eigenvalue weighted by molar-refractivity contribution is -0.123. The monoisotopic (exact) mass is 215 g/mol. The summed E-state index contributed by atoms with van der Waals surface area (Å²) in [6.45, 7) is -0.477. The number of nitrogens with one attached hydrogen (secondary N) is 1. The van der Waals surface area contributed by atoms with Crippen molar-refractivity contribution in [2.45, 2.75) is 6.54 Å². The van der Waals surface area contributed by atoms with Gasteiger partial charge in [0.15, 0.2) is 0 Å². The van der Waals surface area contributed by atoms with Gasteiger partial charge in [-0.2, -0.15) is 0 Å². The SMILES string of the molecule is NC(=O)Cn1ccc(=O)[nH]c1=O.O=CO. The first kappa shape index (κ1) is 12.6. The topological polar surface area (TPSA) is 135 Å². The molecule has 0 unspecified atom stereocenters. The van der Waals surface area contributed by atoms with Crippen LogP contribution in [0.4, 0.5) is 0 Å². The van der Waals surface area contributed by atoms with Gasteiger partial charge in [-0.1, -0.05) is 0 Å². The van der Waals surface area contributed by atoms with Gasteiger partial charge in [-0.05, 0) is 0 Å². The van der Waals surface area contributed by atoms with Gasteiger partial charge in [-0.3, -0.25) is 23.9 Å². The van der Waals surface area contributed by atoms with E-state index in [1.54, 1.807) is 0 Å². The van der Waals surface area contributed by atoms with Gasteiger partial charge in [0.05, 0.1) is 0 Å². The average Bonchev–Trinajstić information content (AvgIpc) is 2.11. The number of rotatable bonds is 2. The first-order valence-corrected chi connectivity index (χ1v) is 3.67. The largest absolute Gasteiger partial charge is 0.483 e. The molecule has 0 aliphatic rings. The predicted molar refractivity (Wildman–Crippen MR) is 49.2 cm³/mol. The highest BCUT2D eigenvalue weighted by atomic mass is 16.3. The molecule has 0 saturated carbocycles. The molecular formula is C7H9N3O5. The number of hydrogen-bond acceptors (Lipinski definition) is 4. The molecule has 0 fully saturated rings. The van der Waals surface area contributed by atoms with Crippen molar-refractivity contribution in [3.63, 3.8) is 0 Å². The minimum atomic E-state index is -0.638. The third-order valence-electron chi connectivity index (χ3n) is 1.22. The Labute approximate surface area is 83.0 Å². The highest BCUT2D eigenvalue weighted by molar-refractivity contribution is 5.73. The van der Waals surface area contributed by atoms with Crippen LogP contribution in [0.2, 0.25) is 0 Å². The maximum atomic E-state index is 10.9. The van der Waals surface area contributed by atoms with Crippen molar-refractivity contribution >= 4 is 12.4 Å². The first-order chi connectivity index (χ1) is 7.01. The fraction of sp³-hybridized carbons (Fsp3) is 0.143. The van der Waals surface area contributed by atoms with Crippen LogP contribution in [-0.4, -0.2) is 27.0 Å². The molecule has 0 aromatic carbocycles. The second-order valence-electron chi connectivity index (χ2n) is 2.31. The molecule has 1 aromatic rings. The first-order valence-electron chi connectivity index (χ1n) is 3.67. The van der Waals surface area contributed by atoms with Crippen LogP contribution in [0.3, 0.4) is 0 Å². The maximum absolute atomic E-state index is 10.9. The van der Waals surface area contributed by atoms with Crippen molar-refractivity contribution in [2.75, 3.05) is 0 Å². The summed E-state index contributed by atoms with van der Waals surface area (Å²) in [5.74, 6) is -0.635. The molecule has 8 heteroatoms. The number of nitrogens with zero attached hydrogens (tertiary/aromatic N) is 1. The molecular weight excluding hydrogens is 206 g/mol. The summed E-state index contributed by atoms with van der Waals surface area (Å²) >= 11 is 0. The summed E-state index contributed by atoms with van der Waals surface area (Å²) in [6.07, 6.45) is 1.21. The van der Waals surface area contributed by atoms with Crippen LogP contribution in [0.25, 0.3) is 0 Å². The highest BCUT2D eigenvalue weighted by Crippen LogP contribution is 1.73. The number of amides is 1. The molecule has 0 radical (unpaired) electrons. The molecule has 15 heavy (non-hydrogen) atoms. The van der Waals surface area contributed by atoms with Crippen LogP contribution in [0.5, 0.6) is 0 Å². The molecule has 8 nitrogen and oxygen atoms in total. The summed E-state index contributed by atoms with van der Waals surface area (Å²) in [4.78, 5) is 42.1. The number of hydrogen-bond donors (Lipinski definition) is 3. The average molecular weight is 215 g/mol. The molecule has 82 valence electrons. The van der Waals surface area contributed by atoms with Gasteiger partial charge in [0.2, 0.25) is 5.91 Å². The van der Waals surface area contributed by atoms with E-state index in [2.05, 4.69) is 0 Å². The summed E-state index contributed by atoms with van der Waals surface area (Å²) in [7, 11) is 0. The number of primary amides is 1. The summed E-state index contributed by atoms with van der Waals surface area (Å²) in [6, 6.07) is 1.14. The Hall–Kier alpha value is -2.38. The van der Waals surface area contributed by atoms with E-state index in [0.717, 1.165) is 10.6 Å². The normalized spacial score (nSPS) is 8.53. The number of carbonyl (C=O) groups is 2. The fourth-order valence-corrected chi connectivity index (χ4v) is 0.737. The second kappa shape index (κ2) is 6.13. The minimum absolute atomic E-state index is 0.227. The Kier molecular flexibility index (Phi) is 5.16. The molecule has 0 saturated heterocycles. The second-order valence-corrected chi connectivity index (χ2v) is 2.31. The lowest BCUT2D eigenvalue weighted by atomic mass is 10.5. The van der Waals surface area contributed by atoms with E-state index in [1.165, 1.54) is 6.20 Å². The van der Waals surface area contributed by atoms with Crippen LogP contribution in [-0.2, 0) is 16.1 Å². The van der Waals surface area contributed by atoms with Crippen LogP contribution in [0.1, 0.15) is 0 Å². The number of aromatic nitrogens is 2. The predicted octanol–water partition coefficient (Wildman–Crippen LogP) is -2.28. The number of aromatic amines is 1. The number of carbonyl (C=O) groups excluding carboxylic acids is 1. The molecule has 0 bridgehead atoms. The van der Waals surface area contributed by atoms with Crippen LogP contribution in [0, 0.1) is 0 Å². The van der Waals surface area contributed by atoms with Crippen molar-refractivity contribution in [1.29, 1.82) is 0 Å². The van der Waals surface area contributed by atoms with Crippen molar-refractivity contribution in [3.8, 4) is 0 Å². The van der Waals surface area contributed by atoms with Crippen molar-refractivity contribution in [1.82, 2.24) is 9.55 Å². The smallest absolute Gasteiger partial charge is 0.328 e. The molecule has 4 N–H and O–H groups in total. The van der Waals surface area contributed by atoms with E-state index in [1.807, 2.05) is 4.98 Å². The minimum Gasteiger partial charge on any atom is -0.483 e. The van der Waals surface area contributed by atoms with E-state index in [0.29, 0.717) is 0 Å². The molecule has 1 amide bonds. The van der Waals surface area contributed by atoms with E-state index in [-0.39, 0.29) is 13.0 Å². The van der Waals surface area contributed by atoms with Crippen molar-refractivity contribution < 1.29 is 14.7 Å². The van der Waals surface area contributed by atoms with Gasteiger partial charge >= 0.3 is 5.69 Å². The Bertz CT molecular complexity index is 446. The summed E-state index contributed by atoms with van der Waals surface area (Å²) in [5, 5.41) is 6.89. The van der Waals surface area contributed by atoms with Gasteiger partial charge in [-0.15, -0.1) is 0 Å². The van der Waals surface area contributed by atoms with Gasteiger partial charge in [-0.25, -0.2) is 4.79 Å². The number of H-pyrrole nitrogens is 1. The standard InChI is InChI=1S/C6H7N3O3.CH2O2/c7-4(10)3-9-2-1-5(11)8-6(9)12;2-1-3/h1-2H,3H2,(H2,7,10)(H,8,11,12);1H,(H,2,3). The molecule has 0 aliphatic carbocycles. The third-order valence-corrected chi connectivity index (χ3v) is 1.22. The van der Waals surface area contributed by atoms with Crippen LogP contribution >= 0.6 is 0 Å². The van der Waals surface area contributed by atoms with Crippen LogP contribution < -0.4 is 17.0 Å². The number of carboxylic acid groups (broad SMARTS) is 1. The van der Waals surface area contributed by atoms with Gasteiger partial charge < -0.3 is 10.8 Å². The zero-order valence-electron chi connectivity index (χ0n) is 7.54. The fourth-order valence-electron chi connectivity index (χ4n) is 0.737. The maximum Gasteiger partial charge on any atom is 0.328 e. The third kappa shape index (κ3) is 5.03. The van der Waals surface area contributed by atoms with Crippen LogP contribution in [0.15, 0.2) is 21.9 Å². The Balaban J connectivity index is 0.000000583. The van der Waals surface area contributed by atoms with Crippen molar-refractivity contribution in [2.24, 2.45) is 5.73 Å². The molecule has 1 rings (SSSR count). The lowest BCUT2D eigenvalue weighted by Crippen LogP contribution is -2.32. The quantitative estimate of drug-likeness (QED) is 0.477. The Morgan fingerprint density at radius 1 is 1.60 bits per heavy atom. The summed E-state index contributed by atoms with van der Waals surface area (Å²) in [5.41, 5.74) is 3.70. The molecule has 1 heterocycles. The molecule has 0 aliphatic heterocycles. The van der Waals surface area contributed by atoms with E-state index >= 15 is 0 Å². The number of nitrogens with two attached hydrogens (primary N) is 1. The van der Waals surface area contributed by atoms with E-state index < -0.39 is 17.2 Å². The van der Waals surface area contributed by atoms with Crippen molar-refractivity contribution in [3.05, 3.63) is 33.1 Å². The van der Waals surface area contributed by atoms with Gasteiger partial charge in [0.25, 0.3) is 12.0 Å². The zero-order chi connectivity index (χ0) is 11.8. The summed E-state index contributed by atoms with van der Waals surface area (Å²) < 4.78 is 1.02. The van der Waals surface area contributed by atoms with Gasteiger partial charge in [0.1, 0.15) is 6.54 Å². The van der Waals surface area contributed by atoms with E-state index in [4.69, 9.17) is 15.6 Å². The molecule has 0 atom stereocenters. The van der Waals surface area contributed by atoms with Gasteiger partial charge in [0, 0.05) is 12.3 Å². The lowest BCUT2D eigenvalue weighted by Gasteiger charge is -1.98. The Morgan fingerprint density at radius 2 is 2.13 bits per heavy atom. The molecule has 1 aromatic heterocycles. The Morgan fingerprint density at radius 3 is 2.53 bits per heavy atom. The van der Waals surface area contributed by atoms with E-state index in [9.17, 15) is 14.4 Å². The molecule has 0 spiro atoms. The highest BCUT2D eigenvalue weighted by Gasteiger charge is 1.98. The zero-order valence-corrected chi connectivity index (χ0v) is 7.54.